The summed E-state index contributed by atoms with van der Waals surface area (Å²) in [6, 6.07) is 23.9. The van der Waals surface area contributed by atoms with Crippen LogP contribution in [0, 0.1) is 5.41 Å². The lowest BCUT2D eigenvalue weighted by atomic mass is 10.1. The smallest absolute Gasteiger partial charge is 0.0697 e. The van der Waals surface area contributed by atoms with E-state index < -0.39 is 0 Å². The predicted molar refractivity (Wildman–Crippen MR) is 140 cm³/mol. The van der Waals surface area contributed by atoms with Crippen LogP contribution in [0.4, 0.5) is 5.69 Å². The molecule has 0 spiro atoms. The monoisotopic (exact) mass is 459 g/mol. The molecule has 164 valence electrons. The lowest BCUT2D eigenvalue weighted by Crippen LogP contribution is -2.43. The van der Waals surface area contributed by atoms with Gasteiger partial charge in [-0.05, 0) is 59.5 Å². The molecule has 1 fully saturated rings. The molecule has 1 aliphatic carbocycles. The average molecular weight is 460 g/mol. The average Bonchev–Trinajstić information content (AvgIpc) is 3.05. The van der Waals surface area contributed by atoms with E-state index in [1.165, 1.54) is 26.6 Å². The van der Waals surface area contributed by atoms with Crippen LogP contribution in [0.1, 0.15) is 31.9 Å². The van der Waals surface area contributed by atoms with Crippen LogP contribution in [0.15, 0.2) is 76.5 Å². The van der Waals surface area contributed by atoms with E-state index in [-0.39, 0.29) is 4.75 Å². The first-order chi connectivity index (χ1) is 15.4. The van der Waals surface area contributed by atoms with Gasteiger partial charge in [0.15, 0.2) is 0 Å². The molecule has 0 aromatic heterocycles. The second-order valence-electron chi connectivity index (χ2n) is 9.35. The molecule has 5 rings (SSSR count). The second-order valence-corrected chi connectivity index (χ2v) is 12.4. The molecule has 3 nitrogen and oxygen atoms in total. The molecule has 2 aliphatic rings. The number of fused-ring (bicyclic) bond motifs is 3. The van der Waals surface area contributed by atoms with Gasteiger partial charge in [0.1, 0.15) is 0 Å². The molecule has 0 amide bonds. The second kappa shape index (κ2) is 8.62. The zero-order chi connectivity index (χ0) is 22.3. The van der Waals surface area contributed by atoms with Crippen LogP contribution in [-0.4, -0.2) is 40.9 Å². The van der Waals surface area contributed by atoms with E-state index in [2.05, 4.69) is 96.7 Å². The molecule has 1 N–H and O–H groups in total. The van der Waals surface area contributed by atoms with Gasteiger partial charge in [0, 0.05) is 57.5 Å². The predicted octanol–water partition coefficient (Wildman–Crippen LogP) is 6.80. The van der Waals surface area contributed by atoms with Gasteiger partial charge in [-0.15, -0.1) is 11.8 Å². The van der Waals surface area contributed by atoms with Crippen LogP contribution in [0.25, 0.3) is 11.1 Å². The van der Waals surface area contributed by atoms with Crippen molar-refractivity contribution in [2.75, 3.05) is 31.1 Å². The molecule has 3 aromatic rings. The minimum atomic E-state index is 0.163. The topological polar surface area (TPSA) is 30.3 Å². The molecule has 1 aliphatic heterocycles. The number of anilines is 1. The first kappa shape index (κ1) is 21.6. The lowest BCUT2D eigenvalue weighted by molar-refractivity contribution is 0.429. The molecular weight excluding hydrogens is 430 g/mol. The number of nitrogens with zero attached hydrogens (tertiary/aromatic N) is 2. The van der Waals surface area contributed by atoms with Crippen LogP contribution in [-0.2, 0) is 0 Å². The normalized spacial score (nSPS) is 16.2. The number of nitrogens with one attached hydrogen (secondary N) is 1. The third kappa shape index (κ3) is 4.47. The standard InChI is InChI=1S/C27H29N3S2/c1-27(2,3)31-20-9-11-22-23-12-10-21(18-25(23)26(28)24(22)17-20)32-30-15-13-29(14-16-30)19-7-5-4-6-8-19/h4-12,17-18,28H,13-16H2,1-3H3. The summed E-state index contributed by atoms with van der Waals surface area (Å²) in [6.45, 7) is 10.8. The molecule has 0 bridgehead atoms. The zero-order valence-electron chi connectivity index (χ0n) is 18.9. The van der Waals surface area contributed by atoms with Crippen molar-refractivity contribution in [1.29, 1.82) is 5.41 Å². The Morgan fingerprint density at radius 2 is 1.31 bits per heavy atom. The van der Waals surface area contributed by atoms with Crippen molar-refractivity contribution in [3.8, 4) is 11.1 Å². The number of hydrogen-bond donors (Lipinski definition) is 1. The van der Waals surface area contributed by atoms with E-state index in [9.17, 15) is 0 Å². The fraction of sp³-hybridized carbons (Fsp3) is 0.296. The SMILES string of the molecule is CC(C)(C)Sc1ccc2c(c1)C(=N)c1cc(SN3CCN(c4ccccc4)CC3)ccc1-2. The van der Waals surface area contributed by atoms with Crippen molar-refractivity contribution in [2.24, 2.45) is 0 Å². The van der Waals surface area contributed by atoms with E-state index >= 15 is 0 Å². The summed E-state index contributed by atoms with van der Waals surface area (Å²) in [5.41, 5.74) is 6.47. The van der Waals surface area contributed by atoms with Crippen LogP contribution >= 0.6 is 23.7 Å². The summed E-state index contributed by atoms with van der Waals surface area (Å²) >= 11 is 3.69. The Balaban J connectivity index is 1.28. The molecule has 5 heteroatoms. The first-order valence-corrected chi connectivity index (χ1v) is 12.8. The summed E-state index contributed by atoms with van der Waals surface area (Å²) < 4.78 is 2.61. The van der Waals surface area contributed by atoms with Gasteiger partial charge < -0.3 is 4.90 Å². The van der Waals surface area contributed by atoms with Crippen molar-refractivity contribution in [1.82, 2.24) is 4.31 Å². The molecule has 1 saturated heterocycles. The van der Waals surface area contributed by atoms with Crippen LogP contribution < -0.4 is 4.90 Å². The highest BCUT2D eigenvalue weighted by Gasteiger charge is 2.26. The molecule has 0 atom stereocenters. The third-order valence-corrected chi connectivity index (χ3v) is 8.02. The molecule has 1 heterocycles. The number of para-hydroxylation sites is 1. The summed E-state index contributed by atoms with van der Waals surface area (Å²) in [5.74, 6) is 0. The Morgan fingerprint density at radius 3 is 1.94 bits per heavy atom. The molecule has 0 saturated carbocycles. The van der Waals surface area contributed by atoms with Crippen molar-refractivity contribution in [3.63, 3.8) is 0 Å². The maximum atomic E-state index is 8.84. The summed E-state index contributed by atoms with van der Waals surface area (Å²) in [6.07, 6.45) is 0. The maximum absolute atomic E-state index is 8.84. The van der Waals surface area contributed by atoms with Crippen molar-refractivity contribution in [2.45, 2.75) is 35.3 Å². The summed E-state index contributed by atoms with van der Waals surface area (Å²) in [5, 5.41) is 8.84. The fourth-order valence-electron chi connectivity index (χ4n) is 4.37. The Kier molecular flexibility index (Phi) is 5.82. The Hall–Kier alpha value is -2.21. The van der Waals surface area contributed by atoms with E-state index in [0.29, 0.717) is 5.71 Å². The van der Waals surface area contributed by atoms with Gasteiger partial charge in [-0.3, -0.25) is 5.41 Å². The quantitative estimate of drug-likeness (QED) is 0.268. The van der Waals surface area contributed by atoms with Crippen LogP contribution in [0.2, 0.25) is 0 Å². The van der Waals surface area contributed by atoms with Gasteiger partial charge in [-0.25, -0.2) is 4.31 Å². The van der Waals surface area contributed by atoms with Crippen LogP contribution in [0.5, 0.6) is 0 Å². The minimum absolute atomic E-state index is 0.163. The Labute approximate surface area is 199 Å². The van der Waals surface area contributed by atoms with E-state index in [4.69, 9.17) is 5.41 Å². The van der Waals surface area contributed by atoms with Gasteiger partial charge in [-0.1, -0.05) is 51.1 Å². The highest BCUT2D eigenvalue weighted by molar-refractivity contribution is 8.00. The molecule has 0 radical (unpaired) electrons. The van der Waals surface area contributed by atoms with Gasteiger partial charge in [-0.2, -0.15) is 0 Å². The number of piperazine rings is 1. The van der Waals surface area contributed by atoms with Gasteiger partial charge in [0.2, 0.25) is 0 Å². The first-order valence-electron chi connectivity index (χ1n) is 11.2. The highest BCUT2D eigenvalue weighted by Crippen LogP contribution is 2.42. The van der Waals surface area contributed by atoms with E-state index in [0.717, 1.165) is 37.3 Å². The number of thioether (sulfide) groups is 1. The summed E-state index contributed by atoms with van der Waals surface area (Å²) in [7, 11) is 0. The van der Waals surface area contributed by atoms with E-state index in [1.807, 2.05) is 23.7 Å². The zero-order valence-corrected chi connectivity index (χ0v) is 20.5. The lowest BCUT2D eigenvalue weighted by Gasteiger charge is -2.35. The largest absolute Gasteiger partial charge is 0.369 e. The van der Waals surface area contributed by atoms with Crippen molar-refractivity contribution in [3.05, 3.63) is 77.9 Å². The Bertz CT molecular complexity index is 1140. The summed E-state index contributed by atoms with van der Waals surface area (Å²) in [4.78, 5) is 4.91. The minimum Gasteiger partial charge on any atom is -0.369 e. The fourth-order valence-corrected chi connectivity index (χ4v) is 6.34. The highest BCUT2D eigenvalue weighted by atomic mass is 32.2. The Morgan fingerprint density at radius 1 is 0.719 bits per heavy atom. The molecule has 32 heavy (non-hydrogen) atoms. The number of hydrogen-bond acceptors (Lipinski definition) is 5. The van der Waals surface area contributed by atoms with Gasteiger partial charge in [0.25, 0.3) is 0 Å². The van der Waals surface area contributed by atoms with Gasteiger partial charge in [0.05, 0.1) is 5.71 Å². The number of benzene rings is 3. The number of rotatable bonds is 4. The molecule has 3 aromatic carbocycles. The van der Waals surface area contributed by atoms with Crippen LogP contribution in [0.3, 0.4) is 0 Å². The van der Waals surface area contributed by atoms with E-state index in [1.54, 1.807) is 0 Å². The molecule has 0 unspecified atom stereocenters. The molecular formula is C27H29N3S2. The maximum Gasteiger partial charge on any atom is 0.0697 e. The van der Waals surface area contributed by atoms with Crippen molar-refractivity contribution >= 4 is 35.1 Å². The van der Waals surface area contributed by atoms with Crippen molar-refractivity contribution < 1.29 is 0 Å². The van der Waals surface area contributed by atoms with Gasteiger partial charge >= 0.3 is 0 Å². The third-order valence-electron chi connectivity index (χ3n) is 5.83.